The zero-order valence-corrected chi connectivity index (χ0v) is 10.7. The van der Waals surface area contributed by atoms with Crippen LogP contribution >= 0.6 is 0 Å². The fourth-order valence-corrected chi connectivity index (χ4v) is 2.25. The first kappa shape index (κ1) is 11.5. The van der Waals surface area contributed by atoms with Gasteiger partial charge >= 0.3 is 0 Å². The van der Waals surface area contributed by atoms with Crippen molar-refractivity contribution in [1.29, 1.82) is 0 Å². The maximum absolute atomic E-state index is 6.07. The van der Waals surface area contributed by atoms with E-state index in [2.05, 4.69) is 20.1 Å². The van der Waals surface area contributed by atoms with Crippen LogP contribution in [0.4, 0.5) is 0 Å². The van der Waals surface area contributed by atoms with E-state index in [0.717, 1.165) is 29.4 Å². The minimum Gasteiger partial charge on any atom is -0.334 e. The Bertz CT molecular complexity index is 765. The smallest absolute Gasteiger partial charge is 0.258 e. The summed E-state index contributed by atoms with van der Waals surface area (Å²) in [6.07, 6.45) is 5.63. The molecule has 6 nitrogen and oxygen atoms in total. The van der Waals surface area contributed by atoms with E-state index >= 15 is 0 Å². The van der Waals surface area contributed by atoms with Crippen LogP contribution in [0.5, 0.6) is 0 Å². The van der Waals surface area contributed by atoms with Crippen LogP contribution in [0.15, 0.2) is 35.1 Å². The molecule has 2 aromatic heterocycles. The van der Waals surface area contributed by atoms with E-state index in [1.165, 1.54) is 0 Å². The second kappa shape index (κ2) is 4.35. The number of benzene rings is 1. The molecule has 0 aliphatic heterocycles. The van der Waals surface area contributed by atoms with Gasteiger partial charge in [0.1, 0.15) is 0 Å². The van der Waals surface area contributed by atoms with Crippen molar-refractivity contribution in [3.8, 4) is 11.5 Å². The van der Waals surface area contributed by atoms with E-state index in [4.69, 9.17) is 10.3 Å². The third kappa shape index (κ3) is 1.94. The van der Waals surface area contributed by atoms with E-state index in [0.29, 0.717) is 17.6 Å². The third-order valence-electron chi connectivity index (χ3n) is 3.59. The molecule has 20 heavy (non-hydrogen) atoms. The van der Waals surface area contributed by atoms with Gasteiger partial charge in [0.2, 0.25) is 0 Å². The molecule has 0 saturated heterocycles. The van der Waals surface area contributed by atoms with Crippen molar-refractivity contribution in [2.24, 2.45) is 11.7 Å². The number of fused-ring (bicyclic) bond motifs is 1. The summed E-state index contributed by atoms with van der Waals surface area (Å²) in [6, 6.07) is 5.56. The van der Waals surface area contributed by atoms with Gasteiger partial charge < -0.3 is 10.3 Å². The van der Waals surface area contributed by atoms with Crippen LogP contribution in [0.3, 0.4) is 0 Å². The lowest BCUT2D eigenvalue weighted by molar-refractivity contribution is 0.411. The first-order valence-corrected chi connectivity index (χ1v) is 6.61. The first-order valence-electron chi connectivity index (χ1n) is 6.61. The van der Waals surface area contributed by atoms with Crippen LogP contribution in [0.25, 0.3) is 22.5 Å². The van der Waals surface area contributed by atoms with Crippen molar-refractivity contribution >= 4 is 11.0 Å². The molecule has 1 aliphatic carbocycles. The number of hydrogen-bond acceptors (Lipinski definition) is 6. The molecule has 1 aromatic carbocycles. The van der Waals surface area contributed by atoms with Crippen molar-refractivity contribution in [3.05, 3.63) is 36.4 Å². The Kier molecular flexibility index (Phi) is 2.50. The van der Waals surface area contributed by atoms with E-state index in [1.54, 1.807) is 12.4 Å². The second-order valence-corrected chi connectivity index (χ2v) is 5.08. The number of nitrogens with two attached hydrogens (primary N) is 1. The summed E-state index contributed by atoms with van der Waals surface area (Å²) in [7, 11) is 0. The number of aromatic nitrogens is 4. The summed E-state index contributed by atoms with van der Waals surface area (Å²) in [5.74, 6) is 1.56. The zero-order chi connectivity index (χ0) is 13.5. The van der Waals surface area contributed by atoms with Gasteiger partial charge in [0.25, 0.3) is 5.89 Å². The molecule has 1 unspecified atom stereocenters. The van der Waals surface area contributed by atoms with Crippen LogP contribution in [-0.4, -0.2) is 20.1 Å². The highest BCUT2D eigenvalue weighted by Crippen LogP contribution is 2.38. The molecule has 1 saturated carbocycles. The van der Waals surface area contributed by atoms with Crippen molar-refractivity contribution in [3.63, 3.8) is 0 Å². The van der Waals surface area contributed by atoms with Gasteiger partial charge in [-0.25, -0.2) is 0 Å². The SMILES string of the molecule is NC(c1noc(-c2ccc3nccnc3c2)n1)C1CC1. The fourth-order valence-electron chi connectivity index (χ4n) is 2.25. The van der Waals surface area contributed by atoms with Gasteiger partial charge in [-0.2, -0.15) is 4.98 Å². The Morgan fingerprint density at radius 1 is 1.15 bits per heavy atom. The molecule has 2 heterocycles. The third-order valence-corrected chi connectivity index (χ3v) is 3.59. The molecule has 0 spiro atoms. The molecule has 6 heteroatoms. The highest BCUT2D eigenvalue weighted by Gasteiger charge is 2.32. The van der Waals surface area contributed by atoms with Gasteiger partial charge in [0, 0.05) is 18.0 Å². The number of hydrogen-bond donors (Lipinski definition) is 1. The normalized spacial score (nSPS) is 16.4. The van der Waals surface area contributed by atoms with Gasteiger partial charge in [0.05, 0.1) is 17.1 Å². The molecular weight excluding hydrogens is 254 g/mol. The Balaban J connectivity index is 1.71. The summed E-state index contributed by atoms with van der Waals surface area (Å²) in [5, 5.41) is 3.99. The Morgan fingerprint density at radius 3 is 2.75 bits per heavy atom. The Morgan fingerprint density at radius 2 is 1.95 bits per heavy atom. The van der Waals surface area contributed by atoms with Gasteiger partial charge in [-0.15, -0.1) is 0 Å². The van der Waals surface area contributed by atoms with Crippen molar-refractivity contribution in [2.45, 2.75) is 18.9 Å². The maximum Gasteiger partial charge on any atom is 0.258 e. The molecule has 100 valence electrons. The fraction of sp³-hybridized carbons (Fsp3) is 0.286. The molecule has 1 fully saturated rings. The minimum absolute atomic E-state index is 0.118. The standard InChI is InChI=1S/C14H13N5O/c15-12(8-1-2-8)13-18-14(20-19-13)9-3-4-10-11(7-9)17-6-5-16-10/h3-8,12H,1-2,15H2. The summed E-state index contributed by atoms with van der Waals surface area (Å²) < 4.78 is 5.31. The predicted octanol–water partition coefficient (Wildman–Crippen LogP) is 2.09. The van der Waals surface area contributed by atoms with Crippen LogP contribution in [0, 0.1) is 5.92 Å². The lowest BCUT2D eigenvalue weighted by Gasteiger charge is -2.01. The van der Waals surface area contributed by atoms with Crippen LogP contribution < -0.4 is 5.73 Å². The molecule has 0 amide bonds. The quantitative estimate of drug-likeness (QED) is 0.781. The Labute approximate surface area is 115 Å². The minimum atomic E-state index is -0.118. The molecule has 1 atom stereocenters. The summed E-state index contributed by atoms with van der Waals surface area (Å²) in [6.45, 7) is 0. The van der Waals surface area contributed by atoms with Crippen LogP contribution in [0.2, 0.25) is 0 Å². The number of nitrogens with zero attached hydrogens (tertiary/aromatic N) is 4. The molecule has 2 N–H and O–H groups in total. The van der Waals surface area contributed by atoms with E-state index < -0.39 is 0 Å². The largest absolute Gasteiger partial charge is 0.334 e. The molecule has 1 aliphatic rings. The summed E-state index contributed by atoms with van der Waals surface area (Å²) in [5.41, 5.74) is 8.55. The van der Waals surface area contributed by atoms with Gasteiger partial charge in [-0.05, 0) is 37.0 Å². The van der Waals surface area contributed by atoms with E-state index in [1.807, 2.05) is 18.2 Å². The average Bonchev–Trinajstić information content (AvgIpc) is 3.23. The molecule has 0 bridgehead atoms. The molecule has 0 radical (unpaired) electrons. The van der Waals surface area contributed by atoms with Crippen LogP contribution in [0.1, 0.15) is 24.7 Å². The summed E-state index contributed by atoms with van der Waals surface area (Å²) in [4.78, 5) is 12.9. The summed E-state index contributed by atoms with van der Waals surface area (Å²) >= 11 is 0. The van der Waals surface area contributed by atoms with Gasteiger partial charge in [0.15, 0.2) is 5.82 Å². The van der Waals surface area contributed by atoms with Crippen LogP contribution in [-0.2, 0) is 0 Å². The molecular formula is C14H13N5O. The monoisotopic (exact) mass is 267 g/mol. The van der Waals surface area contributed by atoms with Gasteiger partial charge in [-0.3, -0.25) is 9.97 Å². The molecule has 4 rings (SSSR count). The zero-order valence-electron chi connectivity index (χ0n) is 10.7. The lowest BCUT2D eigenvalue weighted by atomic mass is 10.2. The predicted molar refractivity (Wildman–Crippen MR) is 72.5 cm³/mol. The van der Waals surface area contributed by atoms with E-state index in [-0.39, 0.29) is 6.04 Å². The number of rotatable bonds is 3. The highest BCUT2D eigenvalue weighted by molar-refractivity contribution is 5.79. The first-order chi connectivity index (χ1) is 9.81. The van der Waals surface area contributed by atoms with Crippen molar-refractivity contribution < 1.29 is 4.52 Å². The topological polar surface area (TPSA) is 90.7 Å². The van der Waals surface area contributed by atoms with Crippen molar-refractivity contribution in [2.75, 3.05) is 0 Å². The van der Waals surface area contributed by atoms with Crippen molar-refractivity contribution in [1.82, 2.24) is 20.1 Å². The maximum atomic E-state index is 6.07. The van der Waals surface area contributed by atoms with E-state index in [9.17, 15) is 0 Å². The molecule has 3 aromatic rings. The lowest BCUT2D eigenvalue weighted by Crippen LogP contribution is -2.13. The Hall–Kier alpha value is -2.34. The highest BCUT2D eigenvalue weighted by atomic mass is 16.5. The average molecular weight is 267 g/mol. The second-order valence-electron chi connectivity index (χ2n) is 5.08. The van der Waals surface area contributed by atoms with Gasteiger partial charge in [-0.1, -0.05) is 5.16 Å².